The van der Waals surface area contributed by atoms with E-state index in [0.717, 1.165) is 37.7 Å². The molecular formula is C22H32N2O6. The number of fused-ring (bicyclic) bond motifs is 1. The summed E-state index contributed by atoms with van der Waals surface area (Å²) in [5, 5.41) is 21.2. The average molecular weight is 421 g/mol. The number of rotatable bonds is 9. The normalized spacial score (nSPS) is 28.4. The maximum Gasteiger partial charge on any atom is 0.407 e. The molecule has 2 heterocycles. The summed E-state index contributed by atoms with van der Waals surface area (Å²) in [5.74, 6) is -0.00530. The van der Waals surface area contributed by atoms with Crippen LogP contribution in [0.3, 0.4) is 0 Å². The summed E-state index contributed by atoms with van der Waals surface area (Å²) in [6.45, 7) is 1.02. The van der Waals surface area contributed by atoms with E-state index in [1.807, 2.05) is 30.3 Å². The van der Waals surface area contributed by atoms with Gasteiger partial charge in [0.05, 0.1) is 37.5 Å². The number of aliphatic hydroxyl groups is 1. The third-order valence-corrected chi connectivity index (χ3v) is 6.52. The SMILES string of the molecule is O=C(O)N([C@H]1CO[C@H]2OCC[C@H]21)[C@@H](Cc1ccccc1)[C@@H](O)CNOC1CCCC1. The second-order valence-electron chi connectivity index (χ2n) is 8.48. The fourth-order valence-electron chi connectivity index (χ4n) is 4.93. The number of benzene rings is 1. The number of amides is 1. The van der Waals surface area contributed by atoms with Crippen molar-refractivity contribution < 1.29 is 29.3 Å². The predicted octanol–water partition coefficient (Wildman–Crippen LogP) is 2.16. The molecule has 3 aliphatic rings. The van der Waals surface area contributed by atoms with Gasteiger partial charge < -0.3 is 19.7 Å². The standard InChI is InChI=1S/C22H32N2O6/c25-20(13-23-30-16-8-4-5-9-16)18(12-15-6-2-1-3-7-15)24(22(26)27)19-14-29-21-17(19)10-11-28-21/h1-3,6-7,16-21,23,25H,4-5,8-14H2,(H,26,27)/t17-,18-,19-,20-,21+/m0/s1. The van der Waals surface area contributed by atoms with Crippen molar-refractivity contribution in [2.24, 2.45) is 5.92 Å². The quantitative estimate of drug-likeness (QED) is 0.527. The first kappa shape index (κ1) is 21.5. The van der Waals surface area contributed by atoms with Crippen LogP contribution in [0.4, 0.5) is 4.79 Å². The molecule has 3 N–H and O–H groups in total. The summed E-state index contributed by atoms with van der Waals surface area (Å²) in [4.78, 5) is 19.4. The average Bonchev–Trinajstić information content (AvgIpc) is 3.47. The van der Waals surface area contributed by atoms with Gasteiger partial charge in [-0.05, 0) is 31.2 Å². The molecule has 1 saturated carbocycles. The van der Waals surface area contributed by atoms with Crippen LogP contribution in [-0.2, 0) is 20.7 Å². The fraction of sp³-hybridized carbons (Fsp3) is 0.682. The first-order valence-electron chi connectivity index (χ1n) is 11.0. The van der Waals surface area contributed by atoms with E-state index in [9.17, 15) is 15.0 Å². The molecular weight excluding hydrogens is 388 g/mol. The maximum absolute atomic E-state index is 12.4. The Morgan fingerprint density at radius 3 is 2.70 bits per heavy atom. The molecule has 3 fully saturated rings. The first-order chi connectivity index (χ1) is 14.6. The summed E-state index contributed by atoms with van der Waals surface area (Å²) < 4.78 is 11.3. The van der Waals surface area contributed by atoms with Gasteiger partial charge in [0.2, 0.25) is 0 Å². The Morgan fingerprint density at radius 1 is 1.20 bits per heavy atom. The van der Waals surface area contributed by atoms with E-state index in [2.05, 4.69) is 5.48 Å². The minimum absolute atomic E-state index is 0.00530. The molecule has 2 aliphatic heterocycles. The lowest BCUT2D eigenvalue weighted by atomic mass is 9.93. The van der Waals surface area contributed by atoms with Crippen LogP contribution in [0.25, 0.3) is 0 Å². The summed E-state index contributed by atoms with van der Waals surface area (Å²) in [6, 6.07) is 8.71. The molecule has 5 atom stereocenters. The van der Waals surface area contributed by atoms with Gasteiger partial charge in [0, 0.05) is 12.5 Å². The molecule has 166 valence electrons. The summed E-state index contributed by atoms with van der Waals surface area (Å²) >= 11 is 0. The molecule has 8 nitrogen and oxygen atoms in total. The lowest BCUT2D eigenvalue weighted by molar-refractivity contribution is -0.0907. The van der Waals surface area contributed by atoms with Gasteiger partial charge in [-0.3, -0.25) is 9.74 Å². The van der Waals surface area contributed by atoms with Crippen molar-refractivity contribution in [1.29, 1.82) is 0 Å². The zero-order valence-corrected chi connectivity index (χ0v) is 17.2. The van der Waals surface area contributed by atoms with Crippen molar-refractivity contribution in [1.82, 2.24) is 10.4 Å². The van der Waals surface area contributed by atoms with E-state index >= 15 is 0 Å². The van der Waals surface area contributed by atoms with Crippen molar-refractivity contribution in [2.45, 2.75) is 69.1 Å². The Kier molecular flexibility index (Phi) is 7.22. The molecule has 0 bridgehead atoms. The number of carboxylic acid groups (broad SMARTS) is 1. The zero-order valence-electron chi connectivity index (χ0n) is 17.2. The third-order valence-electron chi connectivity index (χ3n) is 6.52. The molecule has 30 heavy (non-hydrogen) atoms. The van der Waals surface area contributed by atoms with Gasteiger partial charge in [-0.25, -0.2) is 4.79 Å². The summed E-state index contributed by atoms with van der Waals surface area (Å²) in [7, 11) is 0. The van der Waals surface area contributed by atoms with Gasteiger partial charge in [0.15, 0.2) is 6.29 Å². The Balaban J connectivity index is 1.49. The Bertz CT molecular complexity index is 683. The van der Waals surface area contributed by atoms with Crippen molar-refractivity contribution in [3.8, 4) is 0 Å². The van der Waals surface area contributed by atoms with Crippen molar-refractivity contribution >= 4 is 6.09 Å². The predicted molar refractivity (Wildman–Crippen MR) is 109 cm³/mol. The first-order valence-corrected chi connectivity index (χ1v) is 11.0. The smallest absolute Gasteiger partial charge is 0.407 e. The van der Waals surface area contributed by atoms with Gasteiger partial charge in [0.25, 0.3) is 0 Å². The number of carbonyl (C=O) groups is 1. The zero-order chi connectivity index (χ0) is 20.9. The second-order valence-corrected chi connectivity index (χ2v) is 8.48. The highest BCUT2D eigenvalue weighted by atomic mass is 16.7. The lowest BCUT2D eigenvalue weighted by Gasteiger charge is -2.38. The number of hydrogen-bond acceptors (Lipinski definition) is 6. The molecule has 0 radical (unpaired) electrons. The van der Waals surface area contributed by atoms with Crippen LogP contribution < -0.4 is 5.48 Å². The summed E-state index contributed by atoms with van der Waals surface area (Å²) in [6.07, 6.45) is 3.35. The van der Waals surface area contributed by atoms with Gasteiger partial charge in [0.1, 0.15) is 0 Å². The number of hydrogen-bond donors (Lipinski definition) is 3. The van der Waals surface area contributed by atoms with Gasteiger partial charge in [-0.15, -0.1) is 0 Å². The lowest BCUT2D eigenvalue weighted by Crippen LogP contribution is -2.57. The molecule has 8 heteroatoms. The van der Waals surface area contributed by atoms with E-state index < -0.39 is 18.2 Å². The van der Waals surface area contributed by atoms with Crippen LogP contribution in [0.5, 0.6) is 0 Å². The van der Waals surface area contributed by atoms with E-state index in [0.29, 0.717) is 13.0 Å². The molecule has 0 aromatic heterocycles. The minimum atomic E-state index is -1.05. The van der Waals surface area contributed by atoms with Gasteiger partial charge >= 0.3 is 6.09 Å². The molecule has 2 saturated heterocycles. The van der Waals surface area contributed by atoms with Crippen LogP contribution >= 0.6 is 0 Å². The topological polar surface area (TPSA) is 100 Å². The van der Waals surface area contributed by atoms with Crippen LogP contribution in [0, 0.1) is 5.92 Å². The minimum Gasteiger partial charge on any atom is -0.465 e. The highest BCUT2D eigenvalue weighted by Crippen LogP contribution is 2.36. The van der Waals surface area contributed by atoms with E-state index in [1.165, 1.54) is 4.90 Å². The van der Waals surface area contributed by atoms with Crippen molar-refractivity contribution in [2.75, 3.05) is 19.8 Å². The van der Waals surface area contributed by atoms with E-state index in [1.54, 1.807) is 0 Å². The number of nitrogens with zero attached hydrogens (tertiary/aromatic N) is 1. The fourth-order valence-corrected chi connectivity index (χ4v) is 4.93. The number of ether oxygens (including phenoxy) is 2. The van der Waals surface area contributed by atoms with Crippen molar-refractivity contribution in [3.63, 3.8) is 0 Å². The Hall–Kier alpha value is -1.71. The molecule has 0 unspecified atom stereocenters. The molecule has 4 rings (SSSR count). The second kappa shape index (κ2) is 10.1. The Labute approximate surface area is 177 Å². The summed E-state index contributed by atoms with van der Waals surface area (Å²) in [5.41, 5.74) is 3.87. The largest absolute Gasteiger partial charge is 0.465 e. The van der Waals surface area contributed by atoms with E-state index in [-0.39, 0.29) is 37.5 Å². The van der Waals surface area contributed by atoms with E-state index in [4.69, 9.17) is 14.3 Å². The van der Waals surface area contributed by atoms with Gasteiger partial charge in [-0.2, -0.15) is 5.48 Å². The van der Waals surface area contributed by atoms with Crippen LogP contribution in [0.15, 0.2) is 30.3 Å². The van der Waals surface area contributed by atoms with Crippen LogP contribution in [-0.4, -0.2) is 71.5 Å². The monoisotopic (exact) mass is 420 g/mol. The maximum atomic E-state index is 12.4. The third kappa shape index (κ3) is 4.95. The molecule has 0 spiro atoms. The highest BCUT2D eigenvalue weighted by Gasteiger charge is 2.48. The van der Waals surface area contributed by atoms with Gasteiger partial charge in [-0.1, -0.05) is 43.2 Å². The highest BCUT2D eigenvalue weighted by molar-refractivity contribution is 5.66. The molecule has 1 aliphatic carbocycles. The molecule has 1 aromatic rings. The van der Waals surface area contributed by atoms with Crippen LogP contribution in [0.2, 0.25) is 0 Å². The number of nitrogens with one attached hydrogen (secondary N) is 1. The van der Waals surface area contributed by atoms with Crippen molar-refractivity contribution in [3.05, 3.63) is 35.9 Å². The van der Waals surface area contributed by atoms with Crippen LogP contribution in [0.1, 0.15) is 37.7 Å². The Morgan fingerprint density at radius 2 is 1.97 bits per heavy atom. The number of aliphatic hydroxyl groups excluding tert-OH is 1. The molecule has 1 aromatic carbocycles. The molecule has 1 amide bonds. The number of hydroxylamine groups is 1.